The Bertz CT molecular complexity index is 1160. The molecule has 0 bridgehead atoms. The molecule has 0 aliphatic rings. The average molecular weight is 411 g/mol. The molecule has 0 amide bonds. The molecule has 148 valence electrons. The van der Waals surface area contributed by atoms with Crippen LogP contribution in [0.4, 0.5) is 5.69 Å². The van der Waals surface area contributed by atoms with E-state index in [1.807, 2.05) is 6.07 Å². The van der Waals surface area contributed by atoms with Gasteiger partial charge in [0.05, 0.1) is 23.0 Å². The maximum atomic E-state index is 12.9. The predicted molar refractivity (Wildman–Crippen MR) is 108 cm³/mol. The lowest BCUT2D eigenvalue weighted by atomic mass is 10.1. The summed E-state index contributed by atoms with van der Waals surface area (Å²) < 4.78 is 2.99. The highest BCUT2D eigenvalue weighted by Crippen LogP contribution is 2.16. The van der Waals surface area contributed by atoms with E-state index in [1.54, 1.807) is 42.9 Å². The number of para-hydroxylation sites is 1. The topological polar surface area (TPSA) is 96.2 Å². The van der Waals surface area contributed by atoms with Gasteiger partial charge in [0.1, 0.15) is 5.69 Å². The number of aliphatic carboxylic acids is 1. The van der Waals surface area contributed by atoms with Crippen molar-refractivity contribution >= 4 is 29.0 Å². The molecule has 3 aromatic rings. The van der Waals surface area contributed by atoms with Gasteiger partial charge in [-0.2, -0.15) is 0 Å². The minimum atomic E-state index is -1.61. The first kappa shape index (κ1) is 20.2. The van der Waals surface area contributed by atoms with Crippen molar-refractivity contribution in [3.05, 3.63) is 93.0 Å². The van der Waals surface area contributed by atoms with Crippen molar-refractivity contribution in [3.63, 3.8) is 0 Å². The number of carbonyl (C=O) groups excluding carboxylic acids is 2. The molecule has 1 aromatic heterocycles. The molecule has 1 heterocycles. The summed E-state index contributed by atoms with van der Waals surface area (Å²) in [5, 5.41) is 14.6. The van der Waals surface area contributed by atoms with Gasteiger partial charge < -0.3 is 15.2 Å². The number of hydrogen-bond donors (Lipinski definition) is 1. The molecule has 0 atom stereocenters. The summed E-state index contributed by atoms with van der Waals surface area (Å²) in [4.78, 5) is 36.9. The third kappa shape index (κ3) is 4.14. The van der Waals surface area contributed by atoms with E-state index < -0.39 is 23.0 Å². The molecule has 0 saturated carbocycles. The van der Waals surface area contributed by atoms with Crippen molar-refractivity contribution in [3.8, 4) is 5.69 Å². The number of nitrogens with zero attached hydrogens (tertiary/aromatic N) is 2. The second-order valence-electron chi connectivity index (χ2n) is 6.28. The highest BCUT2D eigenvalue weighted by molar-refractivity contribution is 6.30. The second kappa shape index (κ2) is 8.20. The van der Waals surface area contributed by atoms with Gasteiger partial charge in [-0.3, -0.25) is 14.3 Å². The molecule has 0 saturated heterocycles. The fourth-order valence-corrected chi connectivity index (χ4v) is 2.95. The van der Waals surface area contributed by atoms with Crippen LogP contribution in [0.15, 0.2) is 71.2 Å². The van der Waals surface area contributed by atoms with Gasteiger partial charge in [0.15, 0.2) is 5.78 Å². The lowest BCUT2D eigenvalue weighted by Crippen LogP contribution is -2.30. The smallest absolute Gasteiger partial charge is 0.295 e. The summed E-state index contributed by atoms with van der Waals surface area (Å²) in [6, 6.07) is 14.9. The molecule has 0 fully saturated rings. The SMILES string of the molecule is Cc1c(N/C(=C/C(=O)c2ccc(Cl)cc2)C(=O)[O-])c(=O)n(-c2ccccc2)n1C. The van der Waals surface area contributed by atoms with E-state index in [1.165, 1.54) is 28.9 Å². The normalized spacial score (nSPS) is 11.3. The zero-order valence-corrected chi connectivity index (χ0v) is 16.4. The van der Waals surface area contributed by atoms with Crippen LogP contribution in [0.1, 0.15) is 16.1 Å². The molecular weight excluding hydrogens is 394 g/mol. The number of carbonyl (C=O) groups is 2. The van der Waals surface area contributed by atoms with Crippen molar-refractivity contribution in [2.75, 3.05) is 5.32 Å². The number of anilines is 1. The number of ketones is 1. The van der Waals surface area contributed by atoms with Crippen molar-refractivity contribution in [1.29, 1.82) is 0 Å². The number of halogens is 1. The quantitative estimate of drug-likeness (QED) is 0.495. The average Bonchev–Trinajstić information content (AvgIpc) is 2.91. The van der Waals surface area contributed by atoms with Crippen LogP contribution in [0.3, 0.4) is 0 Å². The van der Waals surface area contributed by atoms with Gasteiger partial charge in [0.25, 0.3) is 5.56 Å². The number of rotatable bonds is 6. The minimum absolute atomic E-state index is 0.0377. The molecule has 0 aliphatic carbocycles. The summed E-state index contributed by atoms with van der Waals surface area (Å²) in [5.41, 5.74) is 0.424. The van der Waals surface area contributed by atoms with E-state index in [0.29, 0.717) is 16.4 Å². The van der Waals surface area contributed by atoms with E-state index in [9.17, 15) is 19.5 Å². The Kier molecular flexibility index (Phi) is 5.70. The standard InChI is InChI=1S/C21H18ClN3O4/c1-13-19(20(27)25(24(13)2)16-6-4-3-5-7-16)23-17(21(28)29)12-18(26)14-8-10-15(22)11-9-14/h3-12,23H,1-2H3,(H,28,29)/p-1/b17-12+. The molecular formula is C21H17ClN3O4-. The van der Waals surface area contributed by atoms with Gasteiger partial charge >= 0.3 is 0 Å². The van der Waals surface area contributed by atoms with Crippen molar-refractivity contribution in [2.45, 2.75) is 6.92 Å². The maximum Gasteiger partial charge on any atom is 0.295 e. The molecule has 3 rings (SSSR count). The summed E-state index contributed by atoms with van der Waals surface area (Å²) in [6.07, 6.45) is 0.886. The lowest BCUT2D eigenvalue weighted by Gasteiger charge is -2.11. The van der Waals surface area contributed by atoms with Crippen molar-refractivity contribution in [1.82, 2.24) is 9.36 Å². The summed E-state index contributed by atoms with van der Waals surface area (Å²) in [7, 11) is 1.68. The van der Waals surface area contributed by atoms with Gasteiger partial charge in [0.2, 0.25) is 0 Å². The Morgan fingerprint density at radius 2 is 1.69 bits per heavy atom. The van der Waals surface area contributed by atoms with Crippen LogP contribution >= 0.6 is 11.6 Å². The van der Waals surface area contributed by atoms with Crippen LogP contribution < -0.4 is 16.0 Å². The van der Waals surface area contributed by atoms with E-state index in [0.717, 1.165) is 6.08 Å². The lowest BCUT2D eigenvalue weighted by molar-refractivity contribution is -0.299. The van der Waals surface area contributed by atoms with Gasteiger partial charge in [-0.05, 0) is 43.3 Å². The zero-order chi connectivity index (χ0) is 21.1. The monoisotopic (exact) mass is 410 g/mol. The first-order valence-corrected chi connectivity index (χ1v) is 9.01. The molecule has 0 unspecified atom stereocenters. The first-order chi connectivity index (χ1) is 13.8. The Balaban J connectivity index is 2.00. The number of benzene rings is 2. The summed E-state index contributed by atoms with van der Waals surface area (Å²) in [5.74, 6) is -2.17. The molecule has 2 aromatic carbocycles. The highest BCUT2D eigenvalue weighted by atomic mass is 35.5. The number of allylic oxidation sites excluding steroid dienone is 1. The van der Waals surface area contributed by atoms with Crippen LogP contribution in [0.25, 0.3) is 5.69 Å². The molecule has 0 aliphatic heterocycles. The molecule has 7 nitrogen and oxygen atoms in total. The Morgan fingerprint density at radius 3 is 2.28 bits per heavy atom. The van der Waals surface area contributed by atoms with Crippen LogP contribution in [-0.4, -0.2) is 21.1 Å². The molecule has 29 heavy (non-hydrogen) atoms. The van der Waals surface area contributed by atoms with Gasteiger partial charge in [-0.25, -0.2) is 4.68 Å². The maximum absolute atomic E-state index is 12.9. The molecule has 8 heteroatoms. The Morgan fingerprint density at radius 1 is 1.07 bits per heavy atom. The Hall–Kier alpha value is -3.58. The fourth-order valence-electron chi connectivity index (χ4n) is 2.82. The number of nitrogens with one attached hydrogen (secondary N) is 1. The van der Waals surface area contributed by atoms with Gasteiger partial charge in [-0.15, -0.1) is 0 Å². The molecule has 0 spiro atoms. The third-order valence-electron chi connectivity index (χ3n) is 4.44. The van der Waals surface area contributed by atoms with Crippen molar-refractivity contribution < 1.29 is 14.7 Å². The number of carboxylic acid groups (broad SMARTS) is 1. The minimum Gasteiger partial charge on any atom is -0.543 e. The van der Waals surface area contributed by atoms with Crippen LogP contribution in [0.5, 0.6) is 0 Å². The first-order valence-electron chi connectivity index (χ1n) is 8.63. The van der Waals surface area contributed by atoms with E-state index in [-0.39, 0.29) is 11.3 Å². The Labute approximate surface area is 171 Å². The largest absolute Gasteiger partial charge is 0.543 e. The van der Waals surface area contributed by atoms with E-state index in [4.69, 9.17) is 11.6 Å². The third-order valence-corrected chi connectivity index (χ3v) is 4.69. The second-order valence-corrected chi connectivity index (χ2v) is 6.71. The zero-order valence-electron chi connectivity index (χ0n) is 15.7. The summed E-state index contributed by atoms with van der Waals surface area (Å²) >= 11 is 5.80. The van der Waals surface area contributed by atoms with E-state index in [2.05, 4.69) is 5.32 Å². The van der Waals surface area contributed by atoms with Gasteiger partial charge in [0, 0.05) is 23.7 Å². The van der Waals surface area contributed by atoms with Crippen LogP contribution in [0.2, 0.25) is 5.02 Å². The van der Waals surface area contributed by atoms with Crippen molar-refractivity contribution in [2.24, 2.45) is 7.05 Å². The number of carboxylic acids is 1. The van der Waals surface area contributed by atoms with Gasteiger partial charge in [-0.1, -0.05) is 29.8 Å². The summed E-state index contributed by atoms with van der Waals surface area (Å²) in [6.45, 7) is 1.66. The van der Waals surface area contributed by atoms with E-state index >= 15 is 0 Å². The fraction of sp³-hybridized carbons (Fsp3) is 0.0952. The van der Waals surface area contributed by atoms with Crippen LogP contribution in [-0.2, 0) is 11.8 Å². The van der Waals surface area contributed by atoms with Crippen LogP contribution in [0, 0.1) is 6.92 Å². The number of hydrogen-bond acceptors (Lipinski definition) is 5. The molecule has 1 N–H and O–H groups in total. The number of aromatic nitrogens is 2. The predicted octanol–water partition coefficient (Wildman–Crippen LogP) is 2.07. The highest BCUT2D eigenvalue weighted by Gasteiger charge is 2.18. The molecule has 0 radical (unpaired) electrons.